The quantitative estimate of drug-likeness (QED) is 0.149. The summed E-state index contributed by atoms with van der Waals surface area (Å²) in [4.78, 5) is 34.6. The van der Waals surface area contributed by atoms with Crippen molar-refractivity contribution in [1.82, 2.24) is 19.3 Å². The zero-order valence-corrected chi connectivity index (χ0v) is 26.8. The third kappa shape index (κ3) is 7.40. The number of aryl methyl sites for hydroxylation is 2. The first-order valence-electron chi connectivity index (χ1n) is 12.2. The van der Waals surface area contributed by atoms with Gasteiger partial charge in [-0.15, -0.1) is 10.2 Å². The number of rotatable bonds is 6. The van der Waals surface area contributed by atoms with Gasteiger partial charge in [-0.3, -0.25) is 9.59 Å². The lowest BCUT2D eigenvalue weighted by Gasteiger charge is -2.13. The minimum atomic E-state index is -1.44. The number of carboxylic acid groups (broad SMARTS) is 1. The second kappa shape index (κ2) is 13.6. The number of nitrogen functional groups attached to an aromatic ring is 1. The van der Waals surface area contributed by atoms with Gasteiger partial charge in [0, 0.05) is 35.4 Å². The van der Waals surface area contributed by atoms with Crippen molar-refractivity contribution in [2.24, 2.45) is 14.1 Å². The minimum Gasteiger partial charge on any atom is -0.478 e. The monoisotopic (exact) mass is 771 g/mol. The van der Waals surface area contributed by atoms with Crippen molar-refractivity contribution < 1.29 is 27.5 Å². The Morgan fingerprint density at radius 1 is 0.844 bits per heavy atom. The number of aromatic nitrogens is 4. The molecule has 5 rings (SSSR count). The van der Waals surface area contributed by atoms with Gasteiger partial charge in [0.25, 0.3) is 11.1 Å². The summed E-state index contributed by atoms with van der Waals surface area (Å²) in [6.45, 7) is 0. The number of pyridine rings is 2. The first kappa shape index (κ1) is 33.3. The van der Waals surface area contributed by atoms with Crippen LogP contribution in [0.2, 0.25) is 0 Å². The van der Waals surface area contributed by atoms with Crippen molar-refractivity contribution in [3.8, 4) is 10.6 Å². The van der Waals surface area contributed by atoms with Crippen LogP contribution in [0.1, 0.15) is 10.4 Å². The summed E-state index contributed by atoms with van der Waals surface area (Å²) >= 11 is 7.24. The Morgan fingerprint density at radius 2 is 1.33 bits per heavy atom. The van der Waals surface area contributed by atoms with E-state index in [0.29, 0.717) is 14.0 Å². The molecule has 0 radical (unpaired) electrons. The predicted octanol–water partition coefficient (Wildman–Crippen LogP) is 6.14. The lowest BCUT2D eigenvalue weighted by molar-refractivity contribution is 0.0696. The van der Waals surface area contributed by atoms with Gasteiger partial charge in [-0.25, -0.2) is 13.6 Å². The molecule has 0 aliphatic heterocycles. The highest BCUT2D eigenvalue weighted by atomic mass is 79.9. The van der Waals surface area contributed by atoms with Crippen LogP contribution in [0.15, 0.2) is 67.3 Å². The Morgan fingerprint density at radius 3 is 1.80 bits per heavy atom. The zero-order chi connectivity index (χ0) is 33.2. The van der Waals surface area contributed by atoms with Gasteiger partial charge in [-0.2, -0.15) is 8.78 Å². The highest BCUT2D eigenvalue weighted by molar-refractivity contribution is 9.10. The lowest BCUT2D eigenvalue weighted by Crippen LogP contribution is -2.24. The molecule has 0 unspecified atom stereocenters. The van der Waals surface area contributed by atoms with Gasteiger partial charge in [0.2, 0.25) is 16.8 Å². The van der Waals surface area contributed by atoms with Gasteiger partial charge in [-0.05, 0) is 36.4 Å². The largest absolute Gasteiger partial charge is 0.478 e. The summed E-state index contributed by atoms with van der Waals surface area (Å²) in [5, 5.41) is 22.1. The summed E-state index contributed by atoms with van der Waals surface area (Å²) in [6, 6.07) is 8.15. The van der Waals surface area contributed by atoms with E-state index in [4.69, 9.17) is 10.8 Å². The summed E-state index contributed by atoms with van der Waals surface area (Å²) < 4.78 is 59.2. The molecule has 0 spiro atoms. The van der Waals surface area contributed by atoms with E-state index in [-0.39, 0.29) is 27.8 Å². The molecule has 0 bridgehead atoms. The van der Waals surface area contributed by atoms with Gasteiger partial charge in [0.15, 0.2) is 5.01 Å². The number of aromatic carboxylic acids is 1. The highest BCUT2D eigenvalue weighted by Gasteiger charge is 2.21. The SMILES string of the molecule is Cn1cc(-c2nnc(N)s2)c(Nc2ccc(Br)cc2F)c(F)c1=O.Cn1cc(C(=O)O)c(Nc2ccc(Br)cc2F)c(F)c1=O. The number of nitrogens with two attached hydrogens (primary N) is 1. The third-order valence-electron chi connectivity index (χ3n) is 5.92. The second-order valence-electron chi connectivity index (χ2n) is 9.04. The molecule has 5 aromatic rings. The number of nitrogens with one attached hydrogen (secondary N) is 2. The van der Waals surface area contributed by atoms with Gasteiger partial charge >= 0.3 is 5.97 Å². The van der Waals surface area contributed by atoms with Crippen LogP contribution < -0.4 is 27.5 Å². The molecule has 18 heteroatoms. The maximum Gasteiger partial charge on any atom is 0.339 e. The fraction of sp³-hybridized carbons (Fsp3) is 0.0741. The maximum atomic E-state index is 14.5. The lowest BCUT2D eigenvalue weighted by atomic mass is 10.2. The topological polar surface area (TPSA) is 157 Å². The van der Waals surface area contributed by atoms with Crippen LogP contribution in [0.3, 0.4) is 0 Å². The molecule has 0 saturated heterocycles. The van der Waals surface area contributed by atoms with Crippen molar-refractivity contribution in [2.75, 3.05) is 16.4 Å². The Labute approximate surface area is 271 Å². The Bertz CT molecular complexity index is 2070. The van der Waals surface area contributed by atoms with Gasteiger partial charge < -0.3 is 30.6 Å². The van der Waals surface area contributed by atoms with E-state index in [2.05, 4.69) is 52.7 Å². The Hall–Kier alpha value is -4.55. The van der Waals surface area contributed by atoms with Gasteiger partial charge in [0.1, 0.15) is 17.2 Å². The fourth-order valence-electron chi connectivity index (χ4n) is 3.76. The zero-order valence-electron chi connectivity index (χ0n) is 22.8. The average Bonchev–Trinajstić information content (AvgIpc) is 3.41. The summed E-state index contributed by atoms with van der Waals surface area (Å²) in [5.74, 6) is -5.11. The second-order valence-corrected chi connectivity index (χ2v) is 11.9. The number of benzene rings is 2. The molecule has 234 valence electrons. The van der Waals surface area contributed by atoms with E-state index < -0.39 is 51.6 Å². The molecule has 0 saturated carbocycles. The molecule has 0 aliphatic carbocycles. The van der Waals surface area contributed by atoms with Crippen molar-refractivity contribution in [3.05, 3.63) is 107 Å². The van der Waals surface area contributed by atoms with E-state index in [1.54, 1.807) is 6.07 Å². The summed E-state index contributed by atoms with van der Waals surface area (Å²) in [6.07, 6.45) is 2.36. The molecule has 5 N–H and O–H groups in total. The van der Waals surface area contributed by atoms with E-state index in [1.807, 2.05) is 0 Å². The molecule has 0 aliphatic rings. The molecule has 45 heavy (non-hydrogen) atoms. The van der Waals surface area contributed by atoms with Crippen LogP contribution >= 0.6 is 43.2 Å². The summed E-state index contributed by atoms with van der Waals surface area (Å²) in [7, 11) is 2.63. The highest BCUT2D eigenvalue weighted by Crippen LogP contribution is 2.34. The van der Waals surface area contributed by atoms with Crippen LogP contribution in [-0.2, 0) is 14.1 Å². The Balaban J connectivity index is 0.000000207. The van der Waals surface area contributed by atoms with Gasteiger partial charge in [-0.1, -0.05) is 43.2 Å². The number of halogens is 6. The van der Waals surface area contributed by atoms with Crippen molar-refractivity contribution in [1.29, 1.82) is 0 Å². The molecule has 0 fully saturated rings. The van der Waals surface area contributed by atoms with E-state index in [1.165, 1.54) is 44.6 Å². The maximum absolute atomic E-state index is 14.5. The molecule has 0 amide bonds. The van der Waals surface area contributed by atoms with Crippen LogP contribution in [0.5, 0.6) is 0 Å². The number of hydrogen-bond donors (Lipinski definition) is 4. The number of nitrogens with zero attached hydrogens (tertiary/aromatic N) is 4. The van der Waals surface area contributed by atoms with Crippen molar-refractivity contribution >= 4 is 77.0 Å². The number of carboxylic acids is 1. The standard InChI is InChI=1S/C14H10BrF2N5OS.C13H9BrF2N2O3/c1-22-5-7(12-20-21-14(18)24-12)11(10(17)13(22)23)19-9-3-2-6(15)4-8(9)16;1-18-5-7(13(20)21)11(10(16)12(18)19)17-9-3-2-6(14)4-8(9)15/h2-5,19H,1H3,(H2,18,21);2-5,17H,1H3,(H,20,21). The van der Waals surface area contributed by atoms with Gasteiger partial charge in [0.05, 0.1) is 28.3 Å². The first-order valence-corrected chi connectivity index (χ1v) is 14.6. The third-order valence-corrected chi connectivity index (χ3v) is 7.69. The van der Waals surface area contributed by atoms with Crippen LogP contribution in [0.4, 0.5) is 45.4 Å². The molecule has 0 atom stereocenters. The van der Waals surface area contributed by atoms with E-state index >= 15 is 0 Å². The molecular formula is C27H19Br2F4N7O4S. The van der Waals surface area contributed by atoms with Crippen LogP contribution in [0, 0.1) is 23.3 Å². The van der Waals surface area contributed by atoms with Crippen molar-refractivity contribution in [2.45, 2.75) is 0 Å². The van der Waals surface area contributed by atoms with Crippen molar-refractivity contribution in [3.63, 3.8) is 0 Å². The average molecular weight is 773 g/mol. The predicted molar refractivity (Wildman–Crippen MR) is 168 cm³/mol. The minimum absolute atomic E-state index is 0.0177. The normalized spacial score (nSPS) is 10.7. The molecule has 3 heterocycles. The summed E-state index contributed by atoms with van der Waals surface area (Å²) in [5.41, 5.74) is 2.59. The smallest absolute Gasteiger partial charge is 0.339 e. The molecule has 3 aromatic heterocycles. The Kier molecular flexibility index (Phi) is 10.1. The van der Waals surface area contributed by atoms with E-state index in [9.17, 15) is 31.9 Å². The van der Waals surface area contributed by atoms with Crippen LogP contribution in [-0.4, -0.2) is 30.4 Å². The molecule has 11 nitrogen and oxygen atoms in total. The van der Waals surface area contributed by atoms with Crippen LogP contribution in [0.25, 0.3) is 10.6 Å². The number of carbonyl (C=O) groups is 1. The van der Waals surface area contributed by atoms with E-state index in [0.717, 1.165) is 32.7 Å². The number of hydrogen-bond acceptors (Lipinski definition) is 9. The molecule has 2 aromatic carbocycles. The number of anilines is 5. The molecular weight excluding hydrogens is 754 g/mol. The first-order chi connectivity index (χ1) is 21.2. The fourth-order valence-corrected chi connectivity index (χ4v) is 5.05.